The minimum absolute atomic E-state index is 0.0628. The minimum atomic E-state index is -3.50. The van der Waals surface area contributed by atoms with Crippen molar-refractivity contribution < 1.29 is 13.2 Å². The van der Waals surface area contributed by atoms with Crippen molar-refractivity contribution in [2.24, 2.45) is 0 Å². The van der Waals surface area contributed by atoms with E-state index in [1.54, 1.807) is 20.2 Å². The average molecular weight is 314 g/mol. The third-order valence-corrected chi connectivity index (χ3v) is 4.95. The largest absolute Gasteiger partial charge is 0.397 e. The molecule has 0 atom stereocenters. The van der Waals surface area contributed by atoms with Crippen LogP contribution in [0.2, 0.25) is 0 Å². The first-order chi connectivity index (χ1) is 9.70. The molecule has 0 fully saturated rings. The fraction of sp³-hybridized carbons (Fsp3) is 0.462. The van der Waals surface area contributed by atoms with E-state index in [4.69, 9.17) is 5.73 Å². The van der Waals surface area contributed by atoms with Crippen molar-refractivity contribution in [3.63, 3.8) is 0 Å². The van der Waals surface area contributed by atoms with Crippen molar-refractivity contribution in [1.82, 2.24) is 9.62 Å². The topological polar surface area (TPSA) is 95.7 Å². The zero-order valence-electron chi connectivity index (χ0n) is 12.8. The fourth-order valence-electron chi connectivity index (χ4n) is 1.77. The standard InChI is InChI=1S/C13H22N4O3S/c1-15-13(18)7-8-17(4)12-6-5-10(9-11(12)14)21(19,20)16(2)3/h5-6,9H,7-8,14H2,1-4H3,(H,15,18). The van der Waals surface area contributed by atoms with Crippen molar-refractivity contribution in [3.05, 3.63) is 18.2 Å². The van der Waals surface area contributed by atoms with E-state index in [9.17, 15) is 13.2 Å². The first-order valence-corrected chi connectivity index (χ1v) is 7.88. The Labute approximate surface area is 125 Å². The van der Waals surface area contributed by atoms with Crippen LogP contribution in [0.4, 0.5) is 11.4 Å². The van der Waals surface area contributed by atoms with Gasteiger partial charge in [-0.25, -0.2) is 12.7 Å². The van der Waals surface area contributed by atoms with Gasteiger partial charge in [0.05, 0.1) is 16.3 Å². The molecule has 0 aliphatic rings. The SMILES string of the molecule is CNC(=O)CCN(C)c1ccc(S(=O)(=O)N(C)C)cc1N. The predicted octanol–water partition coefficient (Wildman–Crippen LogP) is 0.0914. The Kier molecular flexibility index (Phi) is 5.56. The number of nitrogens with one attached hydrogen (secondary N) is 1. The van der Waals surface area contributed by atoms with Gasteiger partial charge in [-0.3, -0.25) is 4.79 Å². The maximum absolute atomic E-state index is 12.0. The van der Waals surface area contributed by atoms with Crippen LogP contribution < -0.4 is 16.0 Å². The molecule has 1 aromatic carbocycles. The number of rotatable bonds is 6. The molecule has 21 heavy (non-hydrogen) atoms. The van der Waals surface area contributed by atoms with E-state index < -0.39 is 10.0 Å². The molecule has 0 saturated carbocycles. The lowest BCUT2D eigenvalue weighted by Crippen LogP contribution is -2.27. The molecule has 0 spiro atoms. The van der Waals surface area contributed by atoms with Crippen LogP contribution in [0.3, 0.4) is 0 Å². The summed E-state index contributed by atoms with van der Waals surface area (Å²) in [6, 6.07) is 4.59. The van der Waals surface area contributed by atoms with E-state index in [-0.39, 0.29) is 10.8 Å². The molecule has 118 valence electrons. The summed E-state index contributed by atoms with van der Waals surface area (Å²) >= 11 is 0. The van der Waals surface area contributed by atoms with E-state index in [0.29, 0.717) is 24.3 Å². The van der Waals surface area contributed by atoms with Gasteiger partial charge < -0.3 is 16.0 Å². The van der Waals surface area contributed by atoms with Crippen LogP contribution in [0.25, 0.3) is 0 Å². The summed E-state index contributed by atoms with van der Waals surface area (Å²) in [7, 11) is 2.81. The number of nitrogens with zero attached hydrogens (tertiary/aromatic N) is 2. The van der Waals surface area contributed by atoms with E-state index in [1.807, 2.05) is 4.90 Å². The lowest BCUT2D eigenvalue weighted by Gasteiger charge is -2.21. The Bertz CT molecular complexity index is 614. The highest BCUT2D eigenvalue weighted by Gasteiger charge is 2.19. The first-order valence-electron chi connectivity index (χ1n) is 6.44. The molecule has 1 amide bonds. The van der Waals surface area contributed by atoms with Crippen molar-refractivity contribution in [1.29, 1.82) is 0 Å². The van der Waals surface area contributed by atoms with Gasteiger partial charge in [-0.15, -0.1) is 0 Å². The molecular weight excluding hydrogens is 292 g/mol. The quantitative estimate of drug-likeness (QED) is 0.726. The van der Waals surface area contributed by atoms with Crippen molar-refractivity contribution in [2.45, 2.75) is 11.3 Å². The second kappa shape index (κ2) is 6.77. The summed E-state index contributed by atoms with van der Waals surface area (Å²) in [6.45, 7) is 0.490. The summed E-state index contributed by atoms with van der Waals surface area (Å²) in [5.74, 6) is -0.0628. The van der Waals surface area contributed by atoms with Gasteiger partial charge >= 0.3 is 0 Å². The second-order valence-corrected chi connectivity index (χ2v) is 7.00. The van der Waals surface area contributed by atoms with Crippen LogP contribution in [-0.2, 0) is 14.8 Å². The van der Waals surface area contributed by atoms with Crippen molar-refractivity contribution in [3.8, 4) is 0 Å². The molecule has 0 bridgehead atoms. The van der Waals surface area contributed by atoms with E-state index in [1.165, 1.54) is 26.2 Å². The maximum Gasteiger partial charge on any atom is 0.242 e. The molecule has 0 unspecified atom stereocenters. The Balaban J connectivity index is 2.96. The molecule has 3 N–H and O–H groups in total. The van der Waals surface area contributed by atoms with Crippen LogP contribution in [0.5, 0.6) is 0 Å². The molecule has 0 aliphatic heterocycles. The minimum Gasteiger partial charge on any atom is -0.397 e. The summed E-state index contributed by atoms with van der Waals surface area (Å²) < 4.78 is 25.2. The van der Waals surface area contributed by atoms with Crippen LogP contribution in [0, 0.1) is 0 Å². The summed E-state index contributed by atoms with van der Waals surface area (Å²) in [4.78, 5) is 13.2. The van der Waals surface area contributed by atoms with Gasteiger partial charge in [-0.1, -0.05) is 0 Å². The van der Waals surface area contributed by atoms with Crippen LogP contribution in [-0.4, -0.2) is 53.4 Å². The molecule has 1 rings (SSSR count). The molecular formula is C13H22N4O3S. The van der Waals surface area contributed by atoms with Crippen LogP contribution in [0.1, 0.15) is 6.42 Å². The van der Waals surface area contributed by atoms with Crippen molar-refractivity contribution in [2.75, 3.05) is 45.4 Å². The summed E-state index contributed by atoms with van der Waals surface area (Å²) in [5, 5.41) is 2.55. The lowest BCUT2D eigenvalue weighted by molar-refractivity contribution is -0.120. The number of benzene rings is 1. The van der Waals surface area contributed by atoms with E-state index in [0.717, 1.165) is 4.31 Å². The molecule has 1 aromatic rings. The van der Waals surface area contributed by atoms with E-state index in [2.05, 4.69) is 5.32 Å². The average Bonchev–Trinajstić information content (AvgIpc) is 2.43. The Morgan fingerprint density at radius 2 is 1.90 bits per heavy atom. The molecule has 0 saturated heterocycles. The lowest BCUT2D eigenvalue weighted by atomic mass is 10.2. The monoisotopic (exact) mass is 314 g/mol. The van der Waals surface area contributed by atoms with Gasteiger partial charge in [0.25, 0.3) is 0 Å². The third-order valence-electron chi connectivity index (χ3n) is 3.14. The molecule has 0 aromatic heterocycles. The Morgan fingerprint density at radius 1 is 1.29 bits per heavy atom. The third kappa shape index (κ3) is 4.08. The van der Waals surface area contributed by atoms with Crippen LogP contribution >= 0.6 is 0 Å². The number of hydrogen-bond donors (Lipinski definition) is 2. The zero-order chi connectivity index (χ0) is 16.2. The molecule has 7 nitrogen and oxygen atoms in total. The van der Waals surface area contributed by atoms with Crippen molar-refractivity contribution >= 4 is 27.3 Å². The number of carbonyl (C=O) groups is 1. The predicted molar refractivity (Wildman–Crippen MR) is 83.7 cm³/mol. The smallest absolute Gasteiger partial charge is 0.242 e. The van der Waals surface area contributed by atoms with Crippen LogP contribution in [0.15, 0.2) is 23.1 Å². The second-order valence-electron chi connectivity index (χ2n) is 4.85. The van der Waals surface area contributed by atoms with Gasteiger partial charge in [0.2, 0.25) is 15.9 Å². The molecule has 8 heteroatoms. The number of sulfonamides is 1. The number of carbonyl (C=O) groups excluding carboxylic acids is 1. The number of amides is 1. The van der Waals surface area contributed by atoms with Gasteiger partial charge in [0.15, 0.2) is 0 Å². The first kappa shape index (κ1) is 17.3. The number of nitrogen functional groups attached to an aromatic ring is 1. The summed E-state index contributed by atoms with van der Waals surface area (Å²) in [6.07, 6.45) is 0.337. The van der Waals surface area contributed by atoms with Gasteiger partial charge in [0, 0.05) is 41.2 Å². The fourth-order valence-corrected chi connectivity index (χ4v) is 2.70. The Morgan fingerprint density at radius 3 is 2.38 bits per heavy atom. The maximum atomic E-state index is 12.0. The highest BCUT2D eigenvalue weighted by atomic mass is 32.2. The number of anilines is 2. The zero-order valence-corrected chi connectivity index (χ0v) is 13.6. The van der Waals surface area contributed by atoms with E-state index >= 15 is 0 Å². The number of hydrogen-bond acceptors (Lipinski definition) is 5. The van der Waals surface area contributed by atoms with Gasteiger partial charge in [-0.2, -0.15) is 0 Å². The molecule has 0 heterocycles. The van der Waals surface area contributed by atoms with Gasteiger partial charge in [0.1, 0.15) is 0 Å². The number of nitrogens with two attached hydrogens (primary N) is 1. The molecule has 0 aliphatic carbocycles. The highest BCUT2D eigenvalue weighted by Crippen LogP contribution is 2.26. The molecule has 0 radical (unpaired) electrons. The summed E-state index contributed by atoms with van der Waals surface area (Å²) in [5.41, 5.74) is 6.98. The van der Waals surface area contributed by atoms with Gasteiger partial charge in [-0.05, 0) is 18.2 Å². The Hall–Kier alpha value is -1.80. The highest BCUT2D eigenvalue weighted by molar-refractivity contribution is 7.89. The normalized spacial score (nSPS) is 11.5.